The summed E-state index contributed by atoms with van der Waals surface area (Å²) in [4.78, 5) is 20.8. The average molecular weight is 297 g/mol. The number of nitrogens with one attached hydrogen (secondary N) is 1. The molecule has 1 amide bonds. The summed E-state index contributed by atoms with van der Waals surface area (Å²) in [6.07, 6.45) is 1.99. The van der Waals surface area contributed by atoms with E-state index in [0.717, 1.165) is 27.7 Å². The van der Waals surface area contributed by atoms with Gasteiger partial charge in [-0.05, 0) is 31.0 Å². The summed E-state index contributed by atoms with van der Waals surface area (Å²) >= 11 is 1.41. The fourth-order valence-electron chi connectivity index (χ4n) is 2.44. The summed E-state index contributed by atoms with van der Waals surface area (Å²) in [5.41, 5.74) is 3.98. The first-order valence-electron chi connectivity index (χ1n) is 6.69. The Balaban J connectivity index is 1.91. The van der Waals surface area contributed by atoms with Crippen molar-refractivity contribution >= 4 is 33.3 Å². The van der Waals surface area contributed by atoms with Crippen molar-refractivity contribution in [3.63, 3.8) is 0 Å². The number of benzene rings is 1. The van der Waals surface area contributed by atoms with Gasteiger partial charge in [0, 0.05) is 22.7 Å². The minimum Gasteiger partial charge on any atom is -0.302 e. The van der Waals surface area contributed by atoms with E-state index in [1.807, 2.05) is 43.5 Å². The number of anilines is 1. The van der Waals surface area contributed by atoms with E-state index < -0.39 is 0 Å². The molecule has 0 atom stereocenters. The predicted octanol–water partition coefficient (Wildman–Crippen LogP) is 3.49. The molecule has 1 aromatic carbocycles. The molecule has 2 aromatic heterocycles. The number of rotatable bonds is 3. The van der Waals surface area contributed by atoms with Crippen LogP contribution in [0.1, 0.15) is 16.8 Å². The molecule has 0 radical (unpaired) electrons. The lowest BCUT2D eigenvalue weighted by Crippen LogP contribution is -2.16. The van der Waals surface area contributed by atoms with Gasteiger partial charge in [-0.2, -0.15) is 0 Å². The molecule has 21 heavy (non-hydrogen) atoms. The number of para-hydroxylation sites is 1. The van der Waals surface area contributed by atoms with Crippen LogP contribution in [-0.2, 0) is 11.2 Å². The molecular weight excluding hydrogens is 282 g/mol. The van der Waals surface area contributed by atoms with Crippen molar-refractivity contribution in [2.24, 2.45) is 0 Å². The number of pyridine rings is 1. The van der Waals surface area contributed by atoms with Crippen LogP contribution >= 0.6 is 11.3 Å². The molecular formula is C16H15N3OS. The van der Waals surface area contributed by atoms with Crippen LogP contribution in [0.3, 0.4) is 0 Å². The van der Waals surface area contributed by atoms with Crippen molar-refractivity contribution < 1.29 is 4.79 Å². The van der Waals surface area contributed by atoms with Crippen LogP contribution in [-0.4, -0.2) is 15.9 Å². The summed E-state index contributed by atoms with van der Waals surface area (Å²) < 4.78 is 0. The first-order valence-corrected chi connectivity index (χ1v) is 7.57. The molecule has 4 nitrogen and oxygen atoms in total. The largest absolute Gasteiger partial charge is 0.302 e. The molecule has 0 aliphatic heterocycles. The van der Waals surface area contributed by atoms with Crippen molar-refractivity contribution in [2.75, 3.05) is 5.32 Å². The maximum absolute atomic E-state index is 12.1. The van der Waals surface area contributed by atoms with Crippen LogP contribution < -0.4 is 5.32 Å². The molecule has 2 heterocycles. The van der Waals surface area contributed by atoms with Crippen LogP contribution in [0.4, 0.5) is 5.13 Å². The lowest BCUT2D eigenvalue weighted by atomic mass is 9.99. The van der Waals surface area contributed by atoms with Gasteiger partial charge in [0.25, 0.3) is 0 Å². The highest BCUT2D eigenvalue weighted by atomic mass is 32.1. The number of hydrogen-bond donors (Lipinski definition) is 1. The number of carbonyl (C=O) groups excluding carboxylic acids is 1. The second-order valence-electron chi connectivity index (χ2n) is 4.88. The molecule has 0 spiro atoms. The van der Waals surface area contributed by atoms with Gasteiger partial charge in [-0.25, -0.2) is 4.98 Å². The molecule has 0 aliphatic carbocycles. The summed E-state index contributed by atoms with van der Waals surface area (Å²) in [7, 11) is 0. The zero-order valence-corrected chi connectivity index (χ0v) is 12.7. The summed E-state index contributed by atoms with van der Waals surface area (Å²) in [5, 5.41) is 6.38. The van der Waals surface area contributed by atoms with Crippen molar-refractivity contribution in [3.8, 4) is 0 Å². The van der Waals surface area contributed by atoms with Gasteiger partial charge in [-0.3, -0.25) is 9.78 Å². The number of fused-ring (bicyclic) bond motifs is 1. The lowest BCUT2D eigenvalue weighted by molar-refractivity contribution is -0.115. The number of nitrogens with zero attached hydrogens (tertiary/aromatic N) is 2. The average Bonchev–Trinajstić information content (AvgIpc) is 2.96. The van der Waals surface area contributed by atoms with Gasteiger partial charge in [0.15, 0.2) is 5.13 Å². The molecule has 0 bridgehead atoms. The molecule has 0 saturated carbocycles. The molecule has 3 aromatic rings. The molecule has 3 rings (SSSR count). The molecule has 0 saturated heterocycles. The van der Waals surface area contributed by atoms with Gasteiger partial charge in [0.1, 0.15) is 0 Å². The minimum atomic E-state index is -0.0618. The quantitative estimate of drug-likeness (QED) is 0.805. The summed E-state index contributed by atoms with van der Waals surface area (Å²) in [5.74, 6) is -0.0618. The Morgan fingerprint density at radius 1 is 1.29 bits per heavy atom. The third kappa shape index (κ3) is 2.78. The van der Waals surface area contributed by atoms with Gasteiger partial charge in [0.2, 0.25) is 5.91 Å². The number of carbonyl (C=O) groups is 1. The van der Waals surface area contributed by atoms with Gasteiger partial charge in [-0.15, -0.1) is 11.3 Å². The van der Waals surface area contributed by atoms with E-state index in [-0.39, 0.29) is 5.91 Å². The second-order valence-corrected chi connectivity index (χ2v) is 5.77. The van der Waals surface area contributed by atoms with Crippen molar-refractivity contribution in [2.45, 2.75) is 20.3 Å². The highest BCUT2D eigenvalue weighted by Gasteiger charge is 2.13. The van der Waals surface area contributed by atoms with E-state index in [1.54, 1.807) is 6.20 Å². The Morgan fingerprint density at radius 2 is 2.10 bits per heavy atom. The van der Waals surface area contributed by atoms with E-state index in [1.165, 1.54) is 11.3 Å². The predicted molar refractivity (Wildman–Crippen MR) is 85.7 cm³/mol. The highest BCUT2D eigenvalue weighted by molar-refractivity contribution is 7.13. The van der Waals surface area contributed by atoms with Gasteiger partial charge in [0.05, 0.1) is 11.9 Å². The Labute approximate surface area is 126 Å². The van der Waals surface area contributed by atoms with Gasteiger partial charge < -0.3 is 5.32 Å². The van der Waals surface area contributed by atoms with E-state index in [4.69, 9.17) is 0 Å². The Kier molecular flexibility index (Phi) is 3.66. The monoisotopic (exact) mass is 297 g/mol. The number of hydrogen-bond acceptors (Lipinski definition) is 4. The summed E-state index contributed by atoms with van der Waals surface area (Å²) in [6.45, 7) is 3.99. The molecule has 0 fully saturated rings. The lowest BCUT2D eigenvalue weighted by Gasteiger charge is -2.12. The fraction of sp³-hybridized carbons (Fsp3) is 0.188. The topological polar surface area (TPSA) is 54.9 Å². The Hall–Kier alpha value is -2.27. The van der Waals surface area contributed by atoms with E-state index in [2.05, 4.69) is 15.3 Å². The summed E-state index contributed by atoms with van der Waals surface area (Å²) in [6, 6.07) is 8.00. The zero-order valence-electron chi connectivity index (χ0n) is 11.9. The van der Waals surface area contributed by atoms with E-state index >= 15 is 0 Å². The maximum Gasteiger partial charge on any atom is 0.230 e. The molecule has 1 N–H and O–H groups in total. The Morgan fingerprint density at radius 3 is 2.86 bits per heavy atom. The van der Waals surface area contributed by atoms with Crippen LogP contribution in [0, 0.1) is 13.8 Å². The van der Waals surface area contributed by atoms with E-state index in [9.17, 15) is 4.79 Å². The number of aromatic nitrogens is 2. The van der Waals surface area contributed by atoms with Crippen LogP contribution in [0.2, 0.25) is 0 Å². The molecule has 5 heteroatoms. The first kappa shape index (κ1) is 13.7. The van der Waals surface area contributed by atoms with Gasteiger partial charge in [-0.1, -0.05) is 18.2 Å². The van der Waals surface area contributed by atoms with Crippen molar-refractivity contribution in [1.82, 2.24) is 9.97 Å². The smallest absolute Gasteiger partial charge is 0.230 e. The van der Waals surface area contributed by atoms with Crippen LogP contribution in [0.15, 0.2) is 35.8 Å². The minimum absolute atomic E-state index is 0.0618. The van der Waals surface area contributed by atoms with Crippen molar-refractivity contribution in [3.05, 3.63) is 52.7 Å². The second kappa shape index (κ2) is 5.61. The number of aryl methyl sites for hydroxylation is 2. The maximum atomic E-state index is 12.1. The van der Waals surface area contributed by atoms with E-state index in [0.29, 0.717) is 11.6 Å². The molecule has 0 unspecified atom stereocenters. The zero-order chi connectivity index (χ0) is 14.8. The fourth-order valence-corrected chi connectivity index (χ4v) is 2.99. The number of amides is 1. The third-order valence-corrected chi connectivity index (χ3v) is 4.19. The standard InChI is InChI=1S/C16H15N3OS/c1-10-12-5-3-4-6-14(12)18-11(2)13(10)9-15(20)19-16-17-7-8-21-16/h3-8H,9H2,1-2H3,(H,17,19,20). The number of thiazole rings is 1. The SMILES string of the molecule is Cc1nc2ccccc2c(C)c1CC(=O)Nc1nccs1. The van der Waals surface area contributed by atoms with Crippen LogP contribution in [0.5, 0.6) is 0 Å². The van der Waals surface area contributed by atoms with Crippen molar-refractivity contribution in [1.29, 1.82) is 0 Å². The Bertz CT molecular complexity index is 797. The first-order chi connectivity index (χ1) is 10.1. The molecule has 106 valence electrons. The van der Waals surface area contributed by atoms with Gasteiger partial charge >= 0.3 is 0 Å². The van der Waals surface area contributed by atoms with Crippen LogP contribution in [0.25, 0.3) is 10.9 Å². The third-order valence-electron chi connectivity index (χ3n) is 3.50. The molecule has 0 aliphatic rings. The normalized spacial score (nSPS) is 10.8. The highest BCUT2D eigenvalue weighted by Crippen LogP contribution is 2.23.